The Morgan fingerprint density at radius 2 is 1.36 bits per heavy atom. The van der Waals surface area contributed by atoms with Gasteiger partial charge in [0.25, 0.3) is 0 Å². The van der Waals surface area contributed by atoms with Gasteiger partial charge in [-0.15, -0.1) is 13.2 Å². The monoisotopic (exact) mass is 672 g/mol. The fraction of sp³-hybridized carbons (Fsp3) is 0.429. The Kier molecular flexibility index (Phi) is 11.1. The van der Waals surface area contributed by atoms with Crippen molar-refractivity contribution < 1.29 is 44.3 Å². The number of ether oxygens (including phenoxy) is 1. The first-order valence-electron chi connectivity index (χ1n) is 15.4. The van der Waals surface area contributed by atoms with Gasteiger partial charge >= 0.3 is 18.7 Å². The van der Waals surface area contributed by atoms with Gasteiger partial charge in [-0.2, -0.15) is 26.3 Å². The van der Waals surface area contributed by atoms with Gasteiger partial charge in [-0.1, -0.05) is 43.5 Å². The second-order valence-corrected chi connectivity index (χ2v) is 12.0. The van der Waals surface area contributed by atoms with E-state index in [1.165, 1.54) is 18.2 Å². The zero-order chi connectivity index (χ0) is 34.6. The van der Waals surface area contributed by atoms with E-state index in [-0.39, 0.29) is 18.2 Å². The SMILES string of the molecule is C=C(C)c1ccc(N(Cc2cc(C(F)(F)F)cc(C(F)(F)F)c2)Cc2cc(OC(F)(F)F)ccc2N(CC)CC2CCCCC2)cc1. The molecule has 3 nitrogen and oxygen atoms in total. The molecule has 0 amide bonds. The van der Waals surface area contributed by atoms with Crippen molar-refractivity contribution in [3.63, 3.8) is 0 Å². The van der Waals surface area contributed by atoms with Crippen molar-refractivity contribution in [1.82, 2.24) is 0 Å². The first kappa shape index (κ1) is 36.0. The maximum atomic E-state index is 13.7. The normalized spacial score (nSPS) is 14.6. The summed E-state index contributed by atoms with van der Waals surface area (Å²) < 4.78 is 126. The Morgan fingerprint density at radius 1 is 0.766 bits per heavy atom. The fourth-order valence-corrected chi connectivity index (χ4v) is 6.01. The van der Waals surface area contributed by atoms with E-state index < -0.39 is 42.1 Å². The van der Waals surface area contributed by atoms with E-state index in [1.807, 2.05) is 6.92 Å². The third kappa shape index (κ3) is 10.1. The van der Waals surface area contributed by atoms with Crippen molar-refractivity contribution >= 4 is 16.9 Å². The number of nitrogens with zero attached hydrogens (tertiary/aromatic N) is 2. The molecule has 0 N–H and O–H groups in total. The van der Waals surface area contributed by atoms with Gasteiger partial charge in [-0.05, 0) is 97.8 Å². The lowest BCUT2D eigenvalue weighted by Gasteiger charge is -2.34. The van der Waals surface area contributed by atoms with Crippen LogP contribution in [0.4, 0.5) is 50.9 Å². The van der Waals surface area contributed by atoms with E-state index in [1.54, 1.807) is 36.1 Å². The van der Waals surface area contributed by atoms with Crippen LogP contribution in [0.2, 0.25) is 0 Å². The predicted molar refractivity (Wildman–Crippen MR) is 165 cm³/mol. The van der Waals surface area contributed by atoms with Crippen LogP contribution in [-0.2, 0) is 25.4 Å². The van der Waals surface area contributed by atoms with Crippen LogP contribution < -0.4 is 14.5 Å². The minimum Gasteiger partial charge on any atom is -0.406 e. The van der Waals surface area contributed by atoms with Crippen LogP contribution in [0.15, 0.2) is 67.2 Å². The zero-order valence-electron chi connectivity index (χ0n) is 26.1. The third-order valence-corrected chi connectivity index (χ3v) is 8.32. The first-order chi connectivity index (χ1) is 21.9. The summed E-state index contributed by atoms with van der Waals surface area (Å²) in [5.74, 6) is -0.111. The highest BCUT2D eigenvalue weighted by molar-refractivity contribution is 5.65. The number of hydrogen-bond acceptors (Lipinski definition) is 3. The van der Waals surface area contributed by atoms with Crippen LogP contribution in [0.1, 0.15) is 73.8 Å². The van der Waals surface area contributed by atoms with Gasteiger partial charge in [0.1, 0.15) is 5.75 Å². The molecule has 0 bridgehead atoms. The molecular formula is C35H37F9N2O. The smallest absolute Gasteiger partial charge is 0.406 e. The highest BCUT2D eigenvalue weighted by Gasteiger charge is 2.37. The molecule has 1 aliphatic rings. The fourth-order valence-electron chi connectivity index (χ4n) is 6.01. The zero-order valence-corrected chi connectivity index (χ0v) is 26.1. The molecule has 12 heteroatoms. The molecule has 4 rings (SSSR count). The second kappa shape index (κ2) is 14.5. The molecule has 1 aliphatic carbocycles. The van der Waals surface area contributed by atoms with E-state index in [2.05, 4.69) is 16.2 Å². The highest BCUT2D eigenvalue weighted by Crippen LogP contribution is 2.38. The topological polar surface area (TPSA) is 15.7 Å². The number of anilines is 2. The molecule has 0 spiro atoms. The number of rotatable bonds is 11. The Balaban J connectivity index is 1.82. The molecule has 1 fully saturated rings. The molecule has 0 aliphatic heterocycles. The van der Waals surface area contributed by atoms with Crippen LogP contribution in [-0.4, -0.2) is 19.5 Å². The average Bonchev–Trinajstić information content (AvgIpc) is 2.98. The quantitative estimate of drug-likeness (QED) is 0.189. The highest BCUT2D eigenvalue weighted by atomic mass is 19.4. The molecule has 1 saturated carbocycles. The van der Waals surface area contributed by atoms with Crippen molar-refractivity contribution in [2.45, 2.75) is 77.8 Å². The second-order valence-electron chi connectivity index (χ2n) is 12.0. The number of benzene rings is 3. The van der Waals surface area contributed by atoms with Crippen LogP contribution >= 0.6 is 0 Å². The van der Waals surface area contributed by atoms with E-state index in [0.29, 0.717) is 48.1 Å². The van der Waals surface area contributed by atoms with E-state index in [0.717, 1.165) is 43.2 Å². The molecule has 3 aromatic carbocycles. The van der Waals surface area contributed by atoms with Crippen LogP contribution in [0.5, 0.6) is 5.75 Å². The van der Waals surface area contributed by atoms with Gasteiger partial charge < -0.3 is 14.5 Å². The van der Waals surface area contributed by atoms with E-state index in [9.17, 15) is 39.5 Å². The van der Waals surface area contributed by atoms with Gasteiger partial charge in [-0.25, -0.2) is 0 Å². The van der Waals surface area contributed by atoms with Gasteiger partial charge in [0.2, 0.25) is 0 Å². The number of alkyl halides is 9. The van der Waals surface area contributed by atoms with E-state index >= 15 is 0 Å². The summed E-state index contributed by atoms with van der Waals surface area (Å²) in [4.78, 5) is 3.60. The Labute approximate surface area is 268 Å². The van der Waals surface area contributed by atoms with Crippen molar-refractivity contribution in [2.75, 3.05) is 22.9 Å². The predicted octanol–water partition coefficient (Wildman–Crippen LogP) is 11.3. The van der Waals surface area contributed by atoms with Crippen LogP contribution in [0.25, 0.3) is 5.57 Å². The molecule has 0 radical (unpaired) electrons. The maximum absolute atomic E-state index is 13.7. The lowest BCUT2D eigenvalue weighted by Crippen LogP contribution is -2.32. The first-order valence-corrected chi connectivity index (χ1v) is 15.4. The van der Waals surface area contributed by atoms with Crippen molar-refractivity contribution in [3.8, 4) is 5.75 Å². The molecule has 47 heavy (non-hydrogen) atoms. The molecule has 0 saturated heterocycles. The lowest BCUT2D eigenvalue weighted by atomic mass is 9.88. The Morgan fingerprint density at radius 3 is 1.87 bits per heavy atom. The largest absolute Gasteiger partial charge is 0.573 e. The van der Waals surface area contributed by atoms with Crippen LogP contribution in [0.3, 0.4) is 0 Å². The lowest BCUT2D eigenvalue weighted by molar-refractivity contribution is -0.274. The van der Waals surface area contributed by atoms with Crippen LogP contribution in [0, 0.1) is 5.92 Å². The van der Waals surface area contributed by atoms with E-state index in [4.69, 9.17) is 0 Å². The molecular weight excluding hydrogens is 635 g/mol. The van der Waals surface area contributed by atoms with Gasteiger partial charge in [0.15, 0.2) is 0 Å². The summed E-state index contributed by atoms with van der Waals surface area (Å²) in [6, 6.07) is 12.1. The Hall–Kier alpha value is -3.83. The molecule has 0 heterocycles. The summed E-state index contributed by atoms with van der Waals surface area (Å²) in [7, 11) is 0. The molecule has 0 atom stereocenters. The average molecular weight is 673 g/mol. The maximum Gasteiger partial charge on any atom is 0.573 e. The molecule has 0 unspecified atom stereocenters. The Bertz CT molecular complexity index is 1470. The molecule has 3 aromatic rings. The molecule has 0 aromatic heterocycles. The van der Waals surface area contributed by atoms with Crippen molar-refractivity contribution in [2.24, 2.45) is 5.92 Å². The number of hydrogen-bond donors (Lipinski definition) is 0. The molecule has 256 valence electrons. The summed E-state index contributed by atoms with van der Waals surface area (Å²) in [6.07, 6.45) is -9.73. The number of halogens is 9. The minimum atomic E-state index is -5.04. The van der Waals surface area contributed by atoms with Crippen molar-refractivity contribution in [3.05, 3.63) is 95.1 Å². The van der Waals surface area contributed by atoms with Gasteiger partial charge in [-0.3, -0.25) is 0 Å². The standard InChI is InChI=1S/C35H37F9N2O/c1-4-45(20-24-8-6-5-7-9-24)32-15-14-31(47-35(42,43)44)18-27(32)22-46(30-12-10-26(11-13-30)23(2)3)21-25-16-28(33(36,37)38)19-29(17-25)34(39,40)41/h10-19,24H,2,4-9,20-22H2,1,3H3. The van der Waals surface area contributed by atoms with Gasteiger partial charge in [0, 0.05) is 37.6 Å². The summed E-state index contributed by atoms with van der Waals surface area (Å²) >= 11 is 0. The summed E-state index contributed by atoms with van der Waals surface area (Å²) in [6.45, 7) is 8.21. The third-order valence-electron chi connectivity index (χ3n) is 8.32. The van der Waals surface area contributed by atoms with Crippen molar-refractivity contribution in [1.29, 1.82) is 0 Å². The summed E-state index contributed by atoms with van der Waals surface area (Å²) in [5.41, 5.74) is -0.266. The van der Waals surface area contributed by atoms with Gasteiger partial charge in [0.05, 0.1) is 11.1 Å². The minimum absolute atomic E-state index is 0.0654. The summed E-state index contributed by atoms with van der Waals surface area (Å²) in [5, 5.41) is 0. The number of allylic oxidation sites excluding steroid dienone is 1.